The van der Waals surface area contributed by atoms with Gasteiger partial charge >= 0.3 is 5.97 Å². The molecule has 0 spiro atoms. The summed E-state index contributed by atoms with van der Waals surface area (Å²) < 4.78 is 5.51. The van der Waals surface area contributed by atoms with Crippen molar-refractivity contribution in [1.29, 1.82) is 0 Å². The van der Waals surface area contributed by atoms with Crippen LogP contribution in [0.5, 0.6) is 0 Å². The lowest BCUT2D eigenvalue weighted by Gasteiger charge is -2.22. The molecule has 0 aromatic heterocycles. The quantitative estimate of drug-likeness (QED) is 0.802. The predicted octanol–water partition coefficient (Wildman–Crippen LogP) is 2.79. The summed E-state index contributed by atoms with van der Waals surface area (Å²) in [4.78, 5) is 24.7. The van der Waals surface area contributed by atoms with Crippen molar-refractivity contribution in [3.05, 3.63) is 35.4 Å². The number of hydrogen-bond donors (Lipinski definition) is 1. The molecule has 1 aromatic rings. The van der Waals surface area contributed by atoms with Crippen molar-refractivity contribution in [1.82, 2.24) is 4.90 Å². The first-order valence-electron chi connectivity index (χ1n) is 7.51. The zero-order chi connectivity index (χ0) is 16.7. The Morgan fingerprint density at radius 2 is 1.73 bits per heavy atom. The van der Waals surface area contributed by atoms with E-state index in [1.54, 1.807) is 12.1 Å². The molecule has 0 unspecified atom stereocenters. The maximum absolute atomic E-state index is 12.4. The highest BCUT2D eigenvalue weighted by Crippen LogP contribution is 2.11. The minimum atomic E-state index is -1.00. The molecule has 1 N–H and O–H groups in total. The number of carbonyl (C=O) groups excluding carboxylic acids is 1. The molecule has 0 heterocycles. The second-order valence-corrected chi connectivity index (χ2v) is 6.03. The van der Waals surface area contributed by atoms with Crippen molar-refractivity contribution in [2.75, 3.05) is 13.1 Å². The number of carboxylic acid groups (broad SMARTS) is 1. The van der Waals surface area contributed by atoms with Gasteiger partial charge < -0.3 is 14.7 Å². The third-order valence-corrected chi connectivity index (χ3v) is 2.98. The molecule has 0 saturated carbocycles. The van der Waals surface area contributed by atoms with Crippen LogP contribution in [0.2, 0.25) is 0 Å². The van der Waals surface area contributed by atoms with Crippen LogP contribution in [0.1, 0.15) is 43.6 Å². The molecule has 0 aliphatic heterocycles. The molecule has 22 heavy (non-hydrogen) atoms. The summed E-state index contributed by atoms with van der Waals surface area (Å²) in [5.41, 5.74) is 1.48. The number of carbonyl (C=O) groups is 2. The van der Waals surface area contributed by atoms with Gasteiger partial charge in [-0.2, -0.15) is 0 Å². The van der Waals surface area contributed by atoms with E-state index in [9.17, 15) is 9.59 Å². The highest BCUT2D eigenvalue weighted by molar-refractivity contribution is 5.95. The Bertz CT molecular complexity index is 494. The van der Waals surface area contributed by atoms with Gasteiger partial charge in [-0.05, 0) is 37.5 Å². The number of rotatable bonds is 8. The van der Waals surface area contributed by atoms with E-state index in [-0.39, 0.29) is 24.5 Å². The molecule has 0 radical (unpaired) electrons. The minimum Gasteiger partial charge on any atom is -0.480 e. The van der Waals surface area contributed by atoms with Gasteiger partial charge in [-0.15, -0.1) is 0 Å². The molecule has 0 atom stereocenters. The van der Waals surface area contributed by atoms with E-state index in [0.29, 0.717) is 18.7 Å². The lowest BCUT2D eigenvalue weighted by atomic mass is 10.1. The predicted molar refractivity (Wildman–Crippen MR) is 84.7 cm³/mol. The van der Waals surface area contributed by atoms with Crippen LogP contribution in [0.4, 0.5) is 0 Å². The number of amides is 1. The minimum absolute atomic E-state index is 0.151. The monoisotopic (exact) mass is 307 g/mol. The van der Waals surface area contributed by atoms with Crippen LogP contribution in [-0.2, 0) is 16.1 Å². The highest BCUT2D eigenvalue weighted by atomic mass is 16.5. The molecule has 0 aliphatic rings. The Morgan fingerprint density at radius 1 is 1.14 bits per heavy atom. The normalized spacial score (nSPS) is 11.0. The van der Waals surface area contributed by atoms with Gasteiger partial charge in [0.25, 0.3) is 5.91 Å². The molecule has 5 heteroatoms. The van der Waals surface area contributed by atoms with Crippen molar-refractivity contribution in [3.63, 3.8) is 0 Å². The van der Waals surface area contributed by atoms with Crippen molar-refractivity contribution in [2.24, 2.45) is 5.92 Å². The zero-order valence-corrected chi connectivity index (χ0v) is 13.7. The zero-order valence-electron chi connectivity index (χ0n) is 13.7. The van der Waals surface area contributed by atoms with Crippen LogP contribution in [-0.4, -0.2) is 41.1 Å². The number of benzene rings is 1. The first-order chi connectivity index (χ1) is 10.3. The highest BCUT2D eigenvalue weighted by Gasteiger charge is 2.19. The summed E-state index contributed by atoms with van der Waals surface area (Å²) in [6.45, 7) is 8.47. The lowest BCUT2D eigenvalue weighted by molar-refractivity contribution is -0.137. The molecule has 0 aliphatic carbocycles. The van der Waals surface area contributed by atoms with E-state index in [2.05, 4.69) is 0 Å². The van der Waals surface area contributed by atoms with Crippen molar-refractivity contribution < 1.29 is 19.4 Å². The summed E-state index contributed by atoms with van der Waals surface area (Å²) in [5.74, 6) is -1.05. The van der Waals surface area contributed by atoms with Gasteiger partial charge in [0.15, 0.2) is 0 Å². The SMILES string of the molecule is CC(C)CN(CC(=O)O)C(=O)c1ccc(COC(C)C)cc1. The topological polar surface area (TPSA) is 66.8 Å². The number of hydrogen-bond acceptors (Lipinski definition) is 3. The second kappa shape index (κ2) is 8.54. The first kappa shape index (κ1) is 18.2. The molecule has 0 fully saturated rings. The fourth-order valence-corrected chi connectivity index (χ4v) is 2.01. The van der Waals surface area contributed by atoms with Crippen LogP contribution < -0.4 is 0 Å². The fourth-order valence-electron chi connectivity index (χ4n) is 2.01. The van der Waals surface area contributed by atoms with Crippen molar-refractivity contribution in [3.8, 4) is 0 Å². The van der Waals surface area contributed by atoms with Crippen LogP contribution >= 0.6 is 0 Å². The van der Waals surface area contributed by atoms with Crippen molar-refractivity contribution >= 4 is 11.9 Å². The summed E-state index contributed by atoms with van der Waals surface area (Å²) >= 11 is 0. The molecule has 1 amide bonds. The lowest BCUT2D eigenvalue weighted by Crippen LogP contribution is -2.38. The average Bonchev–Trinajstić information content (AvgIpc) is 2.43. The van der Waals surface area contributed by atoms with E-state index in [1.165, 1.54) is 4.90 Å². The number of carboxylic acids is 1. The van der Waals surface area contributed by atoms with Gasteiger partial charge in [0.05, 0.1) is 12.7 Å². The number of aliphatic carboxylic acids is 1. The van der Waals surface area contributed by atoms with Crippen molar-refractivity contribution in [2.45, 2.75) is 40.4 Å². The Morgan fingerprint density at radius 3 is 2.18 bits per heavy atom. The molecule has 122 valence electrons. The summed E-state index contributed by atoms with van der Waals surface area (Å²) in [5, 5.41) is 8.95. The smallest absolute Gasteiger partial charge is 0.323 e. The Balaban J connectivity index is 2.78. The van der Waals surface area contributed by atoms with Gasteiger partial charge in [-0.3, -0.25) is 9.59 Å². The van der Waals surface area contributed by atoms with Gasteiger partial charge in [0, 0.05) is 12.1 Å². The van der Waals surface area contributed by atoms with Crippen LogP contribution in [0, 0.1) is 5.92 Å². The standard InChI is InChI=1S/C17H25NO4/c1-12(2)9-18(10-16(19)20)17(21)15-7-5-14(6-8-15)11-22-13(3)4/h5-8,12-13H,9-11H2,1-4H3,(H,19,20). The fraction of sp³-hybridized carbons (Fsp3) is 0.529. The van der Waals surface area contributed by atoms with Crippen LogP contribution in [0.3, 0.4) is 0 Å². The van der Waals surface area contributed by atoms with Crippen LogP contribution in [0.25, 0.3) is 0 Å². The summed E-state index contributed by atoms with van der Waals surface area (Å²) in [6, 6.07) is 7.11. The third-order valence-electron chi connectivity index (χ3n) is 2.98. The molecule has 0 saturated heterocycles. The van der Waals surface area contributed by atoms with Gasteiger partial charge in [0.1, 0.15) is 6.54 Å². The van der Waals surface area contributed by atoms with E-state index in [4.69, 9.17) is 9.84 Å². The molecule has 5 nitrogen and oxygen atoms in total. The molecular weight excluding hydrogens is 282 g/mol. The summed E-state index contributed by atoms with van der Waals surface area (Å²) in [6.07, 6.45) is 0.151. The summed E-state index contributed by atoms with van der Waals surface area (Å²) in [7, 11) is 0. The molecular formula is C17H25NO4. The van der Waals surface area contributed by atoms with E-state index in [0.717, 1.165) is 5.56 Å². The van der Waals surface area contributed by atoms with Gasteiger partial charge in [-0.1, -0.05) is 26.0 Å². The Kier molecular flexibility index (Phi) is 7.05. The van der Waals surface area contributed by atoms with Crippen LogP contribution in [0.15, 0.2) is 24.3 Å². The molecule has 0 bridgehead atoms. The average molecular weight is 307 g/mol. The Hall–Kier alpha value is -1.88. The maximum atomic E-state index is 12.4. The van der Waals surface area contributed by atoms with E-state index >= 15 is 0 Å². The number of ether oxygens (including phenoxy) is 1. The van der Waals surface area contributed by atoms with E-state index < -0.39 is 5.97 Å². The second-order valence-electron chi connectivity index (χ2n) is 6.03. The Labute approximate surface area is 131 Å². The molecule has 1 rings (SSSR count). The number of nitrogens with zero attached hydrogens (tertiary/aromatic N) is 1. The largest absolute Gasteiger partial charge is 0.480 e. The van der Waals surface area contributed by atoms with Gasteiger partial charge in [0.2, 0.25) is 0 Å². The molecule has 1 aromatic carbocycles. The third kappa shape index (κ3) is 6.26. The van der Waals surface area contributed by atoms with Gasteiger partial charge in [-0.25, -0.2) is 0 Å². The first-order valence-corrected chi connectivity index (χ1v) is 7.51. The van der Waals surface area contributed by atoms with E-state index in [1.807, 2.05) is 39.8 Å². The maximum Gasteiger partial charge on any atom is 0.323 e.